The summed E-state index contributed by atoms with van der Waals surface area (Å²) in [5, 5.41) is 24.3. The average molecular weight is 693 g/mol. The minimum Gasteiger partial charge on any atom is -0.480 e. The lowest BCUT2D eigenvalue weighted by Gasteiger charge is -2.21. The molecule has 16 heteroatoms. The molecule has 1 aromatic heterocycles. The lowest BCUT2D eigenvalue weighted by molar-refractivity contribution is -0.192. The maximum atomic E-state index is 12.9. The topological polar surface area (TPSA) is 217 Å². The first-order valence-electron chi connectivity index (χ1n) is 16.9. The summed E-state index contributed by atoms with van der Waals surface area (Å²) in [6.45, 7) is 2.41. The number of carbonyl (C=O) groups excluding carboxylic acids is 3. The van der Waals surface area contributed by atoms with Gasteiger partial charge in [-0.05, 0) is 32.2 Å². The molecule has 0 saturated carbocycles. The normalized spacial score (nSPS) is 12.3. The van der Waals surface area contributed by atoms with E-state index < -0.39 is 42.0 Å². The number of aromatic nitrogens is 2. The van der Waals surface area contributed by atoms with Gasteiger partial charge in [0.05, 0.1) is 12.9 Å². The van der Waals surface area contributed by atoms with Crippen LogP contribution in [0.1, 0.15) is 122 Å². The molecule has 3 amide bonds. The van der Waals surface area contributed by atoms with Crippen LogP contribution in [0.3, 0.4) is 0 Å². The highest BCUT2D eigenvalue weighted by molar-refractivity contribution is 5.92. The molecule has 8 N–H and O–H groups in total. The predicted molar refractivity (Wildman–Crippen MR) is 174 cm³/mol. The highest BCUT2D eigenvalue weighted by atomic mass is 19.4. The van der Waals surface area contributed by atoms with Crippen LogP contribution in [0, 0.1) is 0 Å². The number of carbonyl (C=O) groups is 5. The van der Waals surface area contributed by atoms with Crippen molar-refractivity contribution < 1.29 is 47.4 Å². The Hall–Kier alpha value is -3.69. The number of nitrogens with zero attached hydrogens (tertiary/aromatic N) is 1. The molecule has 1 aromatic rings. The van der Waals surface area contributed by atoms with Crippen LogP contribution in [0.2, 0.25) is 0 Å². The lowest BCUT2D eigenvalue weighted by atomic mass is 10.0. The predicted octanol–water partition coefficient (Wildman–Crippen LogP) is 4.37. The molecule has 48 heavy (non-hydrogen) atoms. The number of carboxylic acid groups (broad SMARTS) is 2. The SMILES string of the molecule is CCCCCCCCCCCCCCCC(=O)NCC(=O)NC(Cc1cnc[nH]1)C(=O)NC(CCCCN)C(=O)O.O=C(O)C(F)(F)F. The van der Waals surface area contributed by atoms with E-state index in [1.54, 1.807) is 0 Å². The van der Waals surface area contributed by atoms with Crippen LogP contribution in [-0.2, 0) is 30.4 Å². The Morgan fingerprint density at radius 1 is 0.812 bits per heavy atom. The van der Waals surface area contributed by atoms with Gasteiger partial charge in [0, 0.05) is 24.7 Å². The van der Waals surface area contributed by atoms with Crippen LogP contribution in [0.15, 0.2) is 12.5 Å². The van der Waals surface area contributed by atoms with E-state index in [-0.39, 0.29) is 25.3 Å². The van der Waals surface area contributed by atoms with Crippen molar-refractivity contribution in [3.8, 4) is 0 Å². The van der Waals surface area contributed by atoms with Gasteiger partial charge in [-0.15, -0.1) is 0 Å². The fourth-order valence-corrected chi connectivity index (χ4v) is 4.66. The van der Waals surface area contributed by atoms with Gasteiger partial charge in [-0.25, -0.2) is 14.6 Å². The number of alkyl halides is 3. The first-order valence-corrected chi connectivity index (χ1v) is 16.9. The molecule has 0 radical (unpaired) electrons. The van der Waals surface area contributed by atoms with Crippen LogP contribution >= 0.6 is 0 Å². The van der Waals surface area contributed by atoms with Gasteiger partial charge in [-0.2, -0.15) is 13.2 Å². The van der Waals surface area contributed by atoms with Crippen molar-refractivity contribution >= 4 is 29.7 Å². The third-order valence-electron chi connectivity index (χ3n) is 7.39. The third kappa shape index (κ3) is 24.5. The minimum absolute atomic E-state index is 0.0968. The number of carboxylic acids is 2. The van der Waals surface area contributed by atoms with E-state index >= 15 is 0 Å². The number of amides is 3. The van der Waals surface area contributed by atoms with E-state index in [1.807, 2.05) is 0 Å². The largest absolute Gasteiger partial charge is 0.490 e. The van der Waals surface area contributed by atoms with Gasteiger partial charge >= 0.3 is 18.1 Å². The zero-order valence-electron chi connectivity index (χ0n) is 28.0. The Kier molecular flexibility index (Phi) is 25.2. The van der Waals surface area contributed by atoms with Gasteiger partial charge in [0.15, 0.2) is 0 Å². The summed E-state index contributed by atoms with van der Waals surface area (Å²) in [6.07, 6.45) is 15.7. The van der Waals surface area contributed by atoms with Crippen LogP contribution in [-0.4, -0.2) is 81.2 Å². The maximum absolute atomic E-state index is 12.9. The van der Waals surface area contributed by atoms with Gasteiger partial charge in [-0.3, -0.25) is 14.4 Å². The van der Waals surface area contributed by atoms with E-state index in [0.29, 0.717) is 31.5 Å². The number of nitrogens with two attached hydrogens (primary N) is 1. The number of unbranched alkanes of at least 4 members (excludes halogenated alkanes) is 13. The van der Waals surface area contributed by atoms with Gasteiger partial charge < -0.3 is 36.9 Å². The van der Waals surface area contributed by atoms with E-state index in [9.17, 15) is 37.5 Å². The Bertz CT molecular complexity index is 1040. The standard InChI is InChI=1S/C30H54N6O5.C2HF3O2/c1-2-3-4-5-6-7-8-9-10-11-12-13-14-18-27(37)33-22-28(38)35-26(20-24-21-32-23-34-24)29(39)36-25(30(40)41)17-15-16-19-31;3-2(4,5)1(6)7/h21,23,25-26H,2-20,22,31H2,1H3,(H,32,34)(H,33,37)(H,35,38)(H,36,39)(H,40,41);(H,6,7). The monoisotopic (exact) mass is 692 g/mol. The summed E-state index contributed by atoms with van der Waals surface area (Å²) >= 11 is 0. The number of halogens is 3. The molecule has 13 nitrogen and oxygen atoms in total. The fraction of sp³-hybridized carbons (Fsp3) is 0.750. The maximum Gasteiger partial charge on any atom is 0.490 e. The van der Waals surface area contributed by atoms with Gasteiger partial charge in [0.25, 0.3) is 0 Å². The first-order chi connectivity index (χ1) is 22.8. The van der Waals surface area contributed by atoms with Crippen molar-refractivity contribution in [3.63, 3.8) is 0 Å². The molecule has 0 aliphatic heterocycles. The molecule has 2 unspecified atom stereocenters. The van der Waals surface area contributed by atoms with E-state index in [1.165, 1.54) is 76.7 Å². The smallest absolute Gasteiger partial charge is 0.480 e. The van der Waals surface area contributed by atoms with Crippen molar-refractivity contribution in [2.75, 3.05) is 13.1 Å². The third-order valence-corrected chi connectivity index (χ3v) is 7.39. The minimum atomic E-state index is -5.08. The summed E-state index contributed by atoms with van der Waals surface area (Å²) in [6, 6.07) is -2.12. The molecule has 0 fully saturated rings. The Morgan fingerprint density at radius 3 is 1.81 bits per heavy atom. The lowest BCUT2D eigenvalue weighted by Crippen LogP contribution is -2.54. The second-order valence-corrected chi connectivity index (χ2v) is 11.7. The Morgan fingerprint density at radius 2 is 1.35 bits per heavy atom. The molecule has 0 saturated heterocycles. The van der Waals surface area contributed by atoms with E-state index in [4.69, 9.17) is 15.6 Å². The number of aromatic amines is 1. The number of rotatable bonds is 26. The second-order valence-electron chi connectivity index (χ2n) is 11.7. The van der Waals surface area contributed by atoms with Crippen molar-refractivity contribution in [2.24, 2.45) is 5.73 Å². The van der Waals surface area contributed by atoms with Gasteiger partial charge in [0.2, 0.25) is 17.7 Å². The quantitative estimate of drug-likeness (QED) is 0.0685. The number of nitrogens with one attached hydrogen (secondary N) is 4. The molecule has 276 valence electrons. The van der Waals surface area contributed by atoms with Crippen LogP contribution in [0.5, 0.6) is 0 Å². The molecule has 0 aliphatic rings. The Balaban J connectivity index is 0.00000282. The van der Waals surface area contributed by atoms with Crippen molar-refractivity contribution in [1.29, 1.82) is 0 Å². The zero-order valence-corrected chi connectivity index (χ0v) is 28.0. The molecule has 2 atom stereocenters. The average Bonchev–Trinajstić information content (AvgIpc) is 3.54. The highest BCUT2D eigenvalue weighted by Gasteiger charge is 2.38. The molecule has 1 rings (SSSR count). The molecule has 0 bridgehead atoms. The first kappa shape index (κ1) is 44.3. The van der Waals surface area contributed by atoms with Crippen LogP contribution in [0.25, 0.3) is 0 Å². The van der Waals surface area contributed by atoms with Crippen LogP contribution in [0.4, 0.5) is 13.2 Å². The Labute approximate surface area is 280 Å². The molecule has 1 heterocycles. The molecule has 0 aliphatic carbocycles. The summed E-state index contributed by atoms with van der Waals surface area (Å²) in [4.78, 5) is 65.0. The molecular formula is C32H55F3N6O7. The summed E-state index contributed by atoms with van der Waals surface area (Å²) in [5.74, 6) is -5.26. The molecular weight excluding hydrogens is 637 g/mol. The summed E-state index contributed by atoms with van der Waals surface area (Å²) in [7, 11) is 0. The number of imidazole rings is 1. The summed E-state index contributed by atoms with van der Waals surface area (Å²) < 4.78 is 31.7. The number of H-pyrrole nitrogens is 1. The number of aliphatic carboxylic acids is 2. The van der Waals surface area contributed by atoms with Crippen molar-refractivity contribution in [1.82, 2.24) is 25.9 Å². The van der Waals surface area contributed by atoms with E-state index in [2.05, 4.69) is 32.8 Å². The molecule has 0 aromatic carbocycles. The summed E-state index contributed by atoms with van der Waals surface area (Å²) in [5.41, 5.74) is 6.08. The molecule has 0 spiro atoms. The van der Waals surface area contributed by atoms with Gasteiger partial charge in [-0.1, -0.05) is 84.0 Å². The van der Waals surface area contributed by atoms with Crippen LogP contribution < -0.4 is 21.7 Å². The zero-order chi connectivity index (χ0) is 36.2. The van der Waals surface area contributed by atoms with Crippen molar-refractivity contribution in [3.05, 3.63) is 18.2 Å². The number of hydrogen-bond acceptors (Lipinski definition) is 7. The van der Waals surface area contributed by atoms with Gasteiger partial charge in [0.1, 0.15) is 12.1 Å². The number of hydrogen-bond donors (Lipinski definition) is 7. The second kappa shape index (κ2) is 27.3. The van der Waals surface area contributed by atoms with Crippen molar-refractivity contribution in [2.45, 2.75) is 141 Å². The highest BCUT2D eigenvalue weighted by Crippen LogP contribution is 2.14. The van der Waals surface area contributed by atoms with E-state index in [0.717, 1.165) is 19.3 Å². The fourth-order valence-electron chi connectivity index (χ4n) is 4.66.